The number of nitrogens with one attached hydrogen (secondary N) is 2. The van der Waals surface area contributed by atoms with E-state index in [4.69, 9.17) is 4.42 Å². The van der Waals surface area contributed by atoms with Crippen molar-refractivity contribution in [3.05, 3.63) is 24.2 Å². The number of aliphatic hydroxyl groups excluding tert-OH is 1. The highest BCUT2D eigenvalue weighted by molar-refractivity contribution is 7.99. The van der Waals surface area contributed by atoms with E-state index in [0.29, 0.717) is 17.4 Å². The predicted molar refractivity (Wildman–Crippen MR) is 89.0 cm³/mol. The van der Waals surface area contributed by atoms with E-state index in [1.807, 2.05) is 18.7 Å². The van der Waals surface area contributed by atoms with Gasteiger partial charge in [-0.05, 0) is 38.2 Å². The number of rotatable bonds is 6. The molecule has 1 aliphatic carbocycles. The lowest BCUT2D eigenvalue weighted by Crippen LogP contribution is -2.50. The van der Waals surface area contributed by atoms with Gasteiger partial charge in [-0.15, -0.1) is 0 Å². The third-order valence-corrected chi connectivity index (χ3v) is 5.32. The average molecular weight is 326 g/mol. The molecule has 1 heterocycles. The van der Waals surface area contributed by atoms with Crippen molar-refractivity contribution in [1.82, 2.24) is 10.6 Å². The molecular weight excluding hydrogens is 300 g/mol. The molecule has 124 valence electrons. The van der Waals surface area contributed by atoms with E-state index in [1.54, 1.807) is 12.1 Å². The van der Waals surface area contributed by atoms with Crippen LogP contribution >= 0.6 is 11.8 Å². The second kappa shape index (κ2) is 8.48. The molecule has 1 aromatic rings. The van der Waals surface area contributed by atoms with Crippen LogP contribution in [0.15, 0.2) is 22.8 Å². The van der Waals surface area contributed by atoms with Crippen LogP contribution in [0.5, 0.6) is 0 Å². The van der Waals surface area contributed by atoms with Crippen molar-refractivity contribution < 1.29 is 14.3 Å². The van der Waals surface area contributed by atoms with Crippen LogP contribution in [0.3, 0.4) is 0 Å². The van der Waals surface area contributed by atoms with Crippen molar-refractivity contribution in [1.29, 1.82) is 0 Å². The Kier molecular flexibility index (Phi) is 6.64. The molecule has 2 rings (SSSR count). The van der Waals surface area contributed by atoms with Gasteiger partial charge in [-0.1, -0.05) is 12.8 Å². The monoisotopic (exact) mass is 326 g/mol. The van der Waals surface area contributed by atoms with Gasteiger partial charge in [0.15, 0.2) is 0 Å². The predicted octanol–water partition coefficient (Wildman–Crippen LogP) is 3.07. The zero-order valence-electron chi connectivity index (χ0n) is 13.2. The number of carbonyl (C=O) groups is 1. The molecule has 1 saturated carbocycles. The summed E-state index contributed by atoms with van der Waals surface area (Å²) in [6.45, 7) is 1.89. The highest BCUT2D eigenvalue weighted by atomic mass is 32.2. The minimum absolute atomic E-state index is 0.128. The van der Waals surface area contributed by atoms with Gasteiger partial charge in [0.25, 0.3) is 0 Å². The van der Waals surface area contributed by atoms with E-state index in [9.17, 15) is 9.90 Å². The number of hydrogen-bond donors (Lipinski definition) is 3. The van der Waals surface area contributed by atoms with Crippen molar-refractivity contribution in [3.63, 3.8) is 0 Å². The van der Waals surface area contributed by atoms with Gasteiger partial charge in [-0.2, -0.15) is 11.8 Å². The first kappa shape index (κ1) is 17.2. The molecular formula is C16H26N2O3S. The molecule has 2 amide bonds. The van der Waals surface area contributed by atoms with Crippen LogP contribution in [-0.4, -0.2) is 34.7 Å². The second-order valence-corrected chi connectivity index (χ2v) is 7.03. The molecule has 0 aromatic carbocycles. The standard InChI is InChI=1S/C16H26N2O3S/c1-11(10-13(19)14-7-5-9-21-14)17-16(20)18-12-6-3-4-8-15(12)22-2/h5,7,9,11-13,15,19H,3-4,6,8,10H2,1-2H3,(H2,17,18,20). The van der Waals surface area contributed by atoms with Crippen molar-refractivity contribution in [2.45, 2.75) is 62.5 Å². The molecule has 4 unspecified atom stereocenters. The van der Waals surface area contributed by atoms with Crippen LogP contribution in [-0.2, 0) is 0 Å². The summed E-state index contributed by atoms with van der Waals surface area (Å²) in [5.41, 5.74) is 0. The van der Waals surface area contributed by atoms with E-state index < -0.39 is 6.10 Å². The lowest BCUT2D eigenvalue weighted by atomic mass is 9.95. The van der Waals surface area contributed by atoms with Crippen LogP contribution in [0.1, 0.15) is 50.9 Å². The SMILES string of the molecule is CSC1CCCCC1NC(=O)NC(C)CC(O)c1ccco1. The summed E-state index contributed by atoms with van der Waals surface area (Å²) in [6.07, 6.45) is 8.00. The van der Waals surface area contributed by atoms with Gasteiger partial charge >= 0.3 is 6.03 Å². The first-order valence-corrected chi connectivity index (χ1v) is 9.20. The van der Waals surface area contributed by atoms with E-state index >= 15 is 0 Å². The fourth-order valence-corrected chi connectivity index (χ4v) is 3.90. The van der Waals surface area contributed by atoms with Gasteiger partial charge in [-0.3, -0.25) is 0 Å². The zero-order chi connectivity index (χ0) is 15.9. The Morgan fingerprint density at radius 1 is 1.50 bits per heavy atom. The topological polar surface area (TPSA) is 74.5 Å². The number of carbonyl (C=O) groups excluding carboxylic acids is 1. The summed E-state index contributed by atoms with van der Waals surface area (Å²) in [6, 6.07) is 3.45. The van der Waals surface area contributed by atoms with Gasteiger partial charge in [-0.25, -0.2) is 4.79 Å². The minimum atomic E-state index is -0.695. The van der Waals surface area contributed by atoms with E-state index in [1.165, 1.54) is 25.5 Å². The molecule has 1 fully saturated rings. The molecule has 5 nitrogen and oxygen atoms in total. The Morgan fingerprint density at radius 3 is 2.95 bits per heavy atom. The number of amides is 2. The van der Waals surface area contributed by atoms with E-state index in [-0.39, 0.29) is 18.1 Å². The van der Waals surface area contributed by atoms with Crippen LogP contribution in [0.25, 0.3) is 0 Å². The van der Waals surface area contributed by atoms with Gasteiger partial charge < -0.3 is 20.2 Å². The van der Waals surface area contributed by atoms with Crippen molar-refractivity contribution in [2.24, 2.45) is 0 Å². The molecule has 1 aliphatic rings. The largest absolute Gasteiger partial charge is 0.467 e. The number of thioether (sulfide) groups is 1. The highest BCUT2D eigenvalue weighted by Gasteiger charge is 2.26. The normalized spacial score (nSPS) is 24.5. The van der Waals surface area contributed by atoms with Gasteiger partial charge in [0.1, 0.15) is 11.9 Å². The quantitative estimate of drug-likeness (QED) is 0.751. The van der Waals surface area contributed by atoms with E-state index in [0.717, 1.165) is 6.42 Å². The second-order valence-electron chi connectivity index (χ2n) is 5.95. The first-order chi connectivity index (χ1) is 10.6. The molecule has 0 aliphatic heterocycles. The summed E-state index contributed by atoms with van der Waals surface area (Å²) in [7, 11) is 0. The molecule has 0 spiro atoms. The third-order valence-electron chi connectivity index (χ3n) is 4.15. The summed E-state index contributed by atoms with van der Waals surface area (Å²) >= 11 is 1.83. The van der Waals surface area contributed by atoms with Crippen LogP contribution < -0.4 is 10.6 Å². The Balaban J connectivity index is 1.76. The van der Waals surface area contributed by atoms with Crippen molar-refractivity contribution in [2.75, 3.05) is 6.26 Å². The third kappa shape index (κ3) is 4.95. The van der Waals surface area contributed by atoms with Gasteiger partial charge in [0, 0.05) is 23.8 Å². The average Bonchev–Trinajstić information content (AvgIpc) is 3.01. The molecule has 3 N–H and O–H groups in total. The lowest BCUT2D eigenvalue weighted by Gasteiger charge is -2.31. The maximum atomic E-state index is 12.1. The lowest BCUT2D eigenvalue weighted by molar-refractivity contribution is 0.129. The molecule has 6 heteroatoms. The maximum Gasteiger partial charge on any atom is 0.315 e. The van der Waals surface area contributed by atoms with Crippen LogP contribution in [0.2, 0.25) is 0 Å². The van der Waals surface area contributed by atoms with Gasteiger partial charge in [0.05, 0.1) is 6.26 Å². The smallest absolute Gasteiger partial charge is 0.315 e. The Morgan fingerprint density at radius 2 is 2.27 bits per heavy atom. The van der Waals surface area contributed by atoms with Crippen molar-refractivity contribution in [3.8, 4) is 0 Å². The summed E-state index contributed by atoms with van der Waals surface area (Å²) < 4.78 is 5.17. The number of furan rings is 1. The Hall–Kier alpha value is -1.14. The minimum Gasteiger partial charge on any atom is -0.467 e. The summed E-state index contributed by atoms with van der Waals surface area (Å²) in [5, 5.41) is 16.5. The Bertz CT molecular complexity index is 452. The highest BCUT2D eigenvalue weighted by Crippen LogP contribution is 2.27. The van der Waals surface area contributed by atoms with E-state index in [2.05, 4.69) is 16.9 Å². The van der Waals surface area contributed by atoms with Crippen LogP contribution in [0.4, 0.5) is 4.79 Å². The number of hydrogen-bond acceptors (Lipinski definition) is 4. The first-order valence-electron chi connectivity index (χ1n) is 7.91. The summed E-state index contributed by atoms with van der Waals surface area (Å²) in [4.78, 5) is 12.1. The number of urea groups is 1. The molecule has 1 aromatic heterocycles. The fourth-order valence-electron chi connectivity index (χ4n) is 2.97. The Labute approximate surface area is 136 Å². The molecule has 22 heavy (non-hydrogen) atoms. The van der Waals surface area contributed by atoms with Crippen LogP contribution in [0, 0.1) is 0 Å². The summed E-state index contributed by atoms with van der Waals surface area (Å²) in [5.74, 6) is 0.531. The molecule has 0 radical (unpaired) electrons. The molecule has 4 atom stereocenters. The molecule has 0 saturated heterocycles. The maximum absolute atomic E-state index is 12.1. The van der Waals surface area contributed by atoms with Gasteiger partial charge in [0.2, 0.25) is 0 Å². The van der Waals surface area contributed by atoms with Crippen molar-refractivity contribution >= 4 is 17.8 Å². The fraction of sp³-hybridized carbons (Fsp3) is 0.688. The number of aliphatic hydroxyl groups is 1. The molecule has 0 bridgehead atoms. The zero-order valence-corrected chi connectivity index (χ0v) is 14.1.